The van der Waals surface area contributed by atoms with Gasteiger partial charge in [0.05, 0.1) is 11.8 Å². The van der Waals surface area contributed by atoms with Gasteiger partial charge in [0, 0.05) is 56.7 Å². The zero-order chi connectivity index (χ0) is 26.3. The van der Waals surface area contributed by atoms with Crippen LogP contribution >= 0.6 is 0 Å². The highest BCUT2D eigenvalue weighted by molar-refractivity contribution is 6.76. The second-order valence-electron chi connectivity index (χ2n) is 10.3. The maximum absolute atomic E-state index is 14.5. The summed E-state index contributed by atoms with van der Waals surface area (Å²) >= 11 is 0. The van der Waals surface area contributed by atoms with Crippen molar-refractivity contribution < 1.29 is 18.3 Å². The second kappa shape index (κ2) is 9.60. The molecular weight excluding hydrogens is 494 g/mol. The van der Waals surface area contributed by atoms with Gasteiger partial charge in [-0.2, -0.15) is 0 Å². The molecule has 0 radical (unpaired) electrons. The number of rotatable bonds is 8. The molecule has 7 nitrogen and oxygen atoms in total. The van der Waals surface area contributed by atoms with Gasteiger partial charge in [-0.3, -0.25) is 4.79 Å². The van der Waals surface area contributed by atoms with Crippen molar-refractivity contribution in [2.24, 2.45) is 7.05 Å². The highest BCUT2D eigenvalue weighted by atomic mass is 28.3. The second-order valence-corrected chi connectivity index (χ2v) is 15.9. The molecule has 0 unspecified atom stereocenters. The fourth-order valence-electron chi connectivity index (χ4n) is 4.25. The van der Waals surface area contributed by atoms with Gasteiger partial charge >= 0.3 is 0 Å². The average molecular weight is 523 g/mol. The standard InChI is InChI=1S/C27H28F2N4O3Si/c1-32-14-20(18-9-10-33(25(18)27(32)34)16-35-11-12-37(2,3)4)19-6-7-22-24(31-15-30-22)26(19)36-23-8-5-17(28)13-21(23)29/h5-10,13-15H,11-12,16H2,1-4H3,(H,30,31). The van der Waals surface area contributed by atoms with Crippen LogP contribution in [-0.2, 0) is 18.5 Å². The summed E-state index contributed by atoms with van der Waals surface area (Å²) in [5, 5.41) is 0.705. The number of aromatic nitrogens is 4. The lowest BCUT2D eigenvalue weighted by atomic mass is 10.0. The van der Waals surface area contributed by atoms with Crippen LogP contribution in [-0.4, -0.2) is 33.8 Å². The number of pyridine rings is 1. The molecule has 0 atom stereocenters. The van der Waals surface area contributed by atoms with E-state index in [0.29, 0.717) is 45.4 Å². The van der Waals surface area contributed by atoms with Crippen LogP contribution < -0.4 is 10.3 Å². The van der Waals surface area contributed by atoms with Crippen molar-refractivity contribution in [1.29, 1.82) is 0 Å². The zero-order valence-corrected chi connectivity index (χ0v) is 22.1. The molecule has 10 heteroatoms. The van der Waals surface area contributed by atoms with Crippen molar-refractivity contribution in [2.75, 3.05) is 6.61 Å². The van der Waals surface area contributed by atoms with Gasteiger partial charge in [0.15, 0.2) is 17.3 Å². The van der Waals surface area contributed by atoms with E-state index in [9.17, 15) is 13.6 Å². The summed E-state index contributed by atoms with van der Waals surface area (Å²) in [6.07, 6.45) is 5.08. The molecule has 0 aliphatic heterocycles. The molecule has 37 heavy (non-hydrogen) atoms. The summed E-state index contributed by atoms with van der Waals surface area (Å²) in [5.74, 6) is -1.36. The van der Waals surface area contributed by atoms with Gasteiger partial charge in [-0.05, 0) is 36.4 Å². The predicted molar refractivity (Wildman–Crippen MR) is 143 cm³/mol. The van der Waals surface area contributed by atoms with Gasteiger partial charge in [-0.1, -0.05) is 19.6 Å². The molecule has 5 rings (SSSR count). The Labute approximate surface area is 213 Å². The number of aryl methyl sites for hydroxylation is 1. The largest absolute Gasteiger partial charge is 0.451 e. The molecule has 0 spiro atoms. The van der Waals surface area contributed by atoms with Gasteiger partial charge in [0.25, 0.3) is 5.56 Å². The Bertz CT molecular complexity index is 1670. The molecule has 5 aromatic rings. The fourth-order valence-corrected chi connectivity index (χ4v) is 5.00. The first-order chi connectivity index (χ1) is 17.6. The molecule has 0 bridgehead atoms. The van der Waals surface area contributed by atoms with E-state index in [1.54, 1.807) is 17.8 Å². The number of fused-ring (bicyclic) bond motifs is 2. The molecule has 3 heterocycles. The van der Waals surface area contributed by atoms with E-state index in [0.717, 1.165) is 18.2 Å². The summed E-state index contributed by atoms with van der Waals surface area (Å²) in [6, 6.07) is 9.72. The smallest absolute Gasteiger partial charge is 0.274 e. The Hall–Kier alpha value is -3.76. The predicted octanol–water partition coefficient (Wildman–Crippen LogP) is 6.27. The first-order valence-electron chi connectivity index (χ1n) is 12.0. The van der Waals surface area contributed by atoms with Crippen molar-refractivity contribution in [2.45, 2.75) is 32.4 Å². The van der Waals surface area contributed by atoms with Crippen molar-refractivity contribution in [3.05, 3.63) is 77.1 Å². The number of ether oxygens (including phenoxy) is 2. The molecule has 0 amide bonds. The number of benzene rings is 2. The molecule has 0 fully saturated rings. The minimum absolute atomic E-state index is 0.132. The molecular formula is C27H28F2N4O3Si. The van der Waals surface area contributed by atoms with E-state index in [4.69, 9.17) is 9.47 Å². The Kier molecular flexibility index (Phi) is 6.46. The first kappa shape index (κ1) is 24.9. The van der Waals surface area contributed by atoms with Gasteiger partial charge in [-0.15, -0.1) is 0 Å². The first-order valence-corrected chi connectivity index (χ1v) is 15.7. The number of halogens is 2. The quantitative estimate of drug-likeness (QED) is 0.193. The van der Waals surface area contributed by atoms with Gasteiger partial charge < -0.3 is 23.6 Å². The molecule has 192 valence electrons. The highest BCUT2D eigenvalue weighted by Crippen LogP contribution is 2.41. The van der Waals surface area contributed by atoms with Crippen LogP contribution in [0.15, 0.2) is 59.9 Å². The normalized spacial score (nSPS) is 12.1. The lowest BCUT2D eigenvalue weighted by molar-refractivity contribution is 0.0901. The summed E-state index contributed by atoms with van der Waals surface area (Å²) in [5.41, 5.74) is 2.83. The number of hydrogen-bond donors (Lipinski definition) is 1. The van der Waals surface area contributed by atoms with Crippen molar-refractivity contribution in [1.82, 2.24) is 19.1 Å². The molecule has 0 saturated heterocycles. The van der Waals surface area contributed by atoms with Crippen molar-refractivity contribution >= 4 is 30.0 Å². The van der Waals surface area contributed by atoms with Crippen molar-refractivity contribution in [3.8, 4) is 22.6 Å². The molecule has 1 N–H and O–H groups in total. The van der Waals surface area contributed by atoms with Crippen LogP contribution in [0.25, 0.3) is 33.1 Å². The van der Waals surface area contributed by atoms with Crippen molar-refractivity contribution in [3.63, 3.8) is 0 Å². The van der Waals surface area contributed by atoms with Crippen LogP contribution in [0.1, 0.15) is 0 Å². The van der Waals surface area contributed by atoms with Gasteiger partial charge in [0.2, 0.25) is 0 Å². The lowest BCUT2D eigenvalue weighted by Gasteiger charge is -2.16. The molecule has 3 aromatic heterocycles. The maximum Gasteiger partial charge on any atom is 0.274 e. The summed E-state index contributed by atoms with van der Waals surface area (Å²) in [6.45, 7) is 7.76. The SMILES string of the molecule is Cn1cc(-c2ccc3[nH]cnc3c2Oc2ccc(F)cc2F)c2ccn(COCC[Si](C)(C)C)c2c1=O. The maximum atomic E-state index is 14.5. The lowest BCUT2D eigenvalue weighted by Crippen LogP contribution is -2.23. The minimum Gasteiger partial charge on any atom is -0.451 e. The monoisotopic (exact) mass is 522 g/mol. The number of aromatic amines is 1. The third-order valence-corrected chi connectivity index (χ3v) is 7.97. The molecule has 0 aliphatic rings. The van der Waals surface area contributed by atoms with Crippen LogP contribution in [0, 0.1) is 11.6 Å². The number of nitrogens with one attached hydrogen (secondary N) is 1. The highest BCUT2D eigenvalue weighted by Gasteiger charge is 2.21. The van der Waals surface area contributed by atoms with Crippen LogP contribution in [0.5, 0.6) is 11.5 Å². The third-order valence-electron chi connectivity index (χ3n) is 6.27. The summed E-state index contributed by atoms with van der Waals surface area (Å²) in [4.78, 5) is 20.6. The Balaban J connectivity index is 1.62. The molecule has 2 aromatic carbocycles. The van der Waals surface area contributed by atoms with Crippen LogP contribution in [0.2, 0.25) is 25.7 Å². The minimum atomic E-state index is -1.24. The number of imidazole rings is 1. The number of hydrogen-bond acceptors (Lipinski definition) is 4. The summed E-state index contributed by atoms with van der Waals surface area (Å²) < 4.78 is 43.3. The third kappa shape index (κ3) is 4.94. The van der Waals surface area contributed by atoms with Gasteiger partial charge in [-0.25, -0.2) is 13.8 Å². The van der Waals surface area contributed by atoms with Gasteiger partial charge in [0.1, 0.15) is 23.6 Å². The van der Waals surface area contributed by atoms with E-state index in [1.807, 2.05) is 24.4 Å². The topological polar surface area (TPSA) is 74.1 Å². The molecule has 0 aliphatic carbocycles. The van der Waals surface area contributed by atoms with Crippen LogP contribution in [0.4, 0.5) is 8.78 Å². The van der Waals surface area contributed by atoms with Crippen LogP contribution in [0.3, 0.4) is 0 Å². The summed E-state index contributed by atoms with van der Waals surface area (Å²) in [7, 11) is 0.444. The zero-order valence-electron chi connectivity index (χ0n) is 21.1. The fraction of sp³-hybridized carbons (Fsp3) is 0.259. The molecule has 0 saturated carbocycles. The van der Waals surface area contributed by atoms with E-state index in [2.05, 4.69) is 29.6 Å². The van der Waals surface area contributed by atoms with E-state index in [-0.39, 0.29) is 18.0 Å². The Morgan fingerprint density at radius 1 is 1.08 bits per heavy atom. The van der Waals surface area contributed by atoms with E-state index in [1.165, 1.54) is 17.0 Å². The Morgan fingerprint density at radius 2 is 1.89 bits per heavy atom. The number of nitrogens with zero attached hydrogens (tertiary/aromatic N) is 3. The van der Waals surface area contributed by atoms with E-state index < -0.39 is 19.7 Å². The average Bonchev–Trinajstić information content (AvgIpc) is 3.48. The van der Waals surface area contributed by atoms with E-state index >= 15 is 0 Å². The number of H-pyrrole nitrogens is 1. The Morgan fingerprint density at radius 3 is 2.65 bits per heavy atom.